The minimum atomic E-state index is -1.08. The van der Waals surface area contributed by atoms with Crippen LogP contribution in [-0.4, -0.2) is 43.4 Å². The number of carboxylic acids is 1. The normalized spacial score (nSPS) is 13.7. The number of nitrogens with zero attached hydrogens (tertiary/aromatic N) is 3. The van der Waals surface area contributed by atoms with Crippen molar-refractivity contribution in [3.05, 3.63) is 128 Å². The topological polar surface area (TPSA) is 155 Å². The maximum absolute atomic E-state index is 13.8. The van der Waals surface area contributed by atoms with E-state index < -0.39 is 41.4 Å². The molecule has 3 amide bonds. The molecule has 47 heavy (non-hydrogen) atoms. The van der Waals surface area contributed by atoms with Crippen molar-refractivity contribution in [2.24, 2.45) is 0 Å². The van der Waals surface area contributed by atoms with Crippen molar-refractivity contribution >= 4 is 46.6 Å². The third-order valence-corrected chi connectivity index (χ3v) is 8.17. The zero-order chi connectivity index (χ0) is 33.4. The Morgan fingerprint density at radius 1 is 0.979 bits per heavy atom. The molecule has 0 radical (unpaired) electrons. The van der Waals surface area contributed by atoms with Gasteiger partial charge in [-0.15, -0.1) is 0 Å². The molecule has 2 heterocycles. The van der Waals surface area contributed by atoms with Crippen molar-refractivity contribution in [3.8, 4) is 0 Å². The molecule has 5 aromatic rings. The molecule has 6 rings (SSSR count). The lowest BCUT2D eigenvalue weighted by molar-refractivity contribution is 0.0695. The fraction of sp³-hybridized carbons (Fsp3) is 0.152. The first-order valence-electron chi connectivity index (χ1n) is 14.3. The number of carbonyl (C=O) groups excluding carboxylic acids is 3. The van der Waals surface area contributed by atoms with E-state index in [4.69, 9.17) is 11.6 Å². The second kappa shape index (κ2) is 12.6. The quantitative estimate of drug-likeness (QED) is 0.177. The second-order valence-electron chi connectivity index (χ2n) is 10.9. The summed E-state index contributed by atoms with van der Waals surface area (Å²) in [6.07, 6.45) is 2.27. The average Bonchev–Trinajstić information content (AvgIpc) is 3.66. The van der Waals surface area contributed by atoms with Gasteiger partial charge in [0.05, 0.1) is 17.8 Å². The number of aromatic carboxylic acids is 1. The molecule has 0 bridgehead atoms. The lowest BCUT2D eigenvalue weighted by atomic mass is 9.98. The fourth-order valence-electron chi connectivity index (χ4n) is 5.58. The first kappa shape index (κ1) is 31.3. The van der Waals surface area contributed by atoms with Gasteiger partial charge in [0.2, 0.25) is 0 Å². The number of carboxylic acid groups (broad SMARTS) is 1. The van der Waals surface area contributed by atoms with Crippen LogP contribution in [0.1, 0.15) is 76.4 Å². The van der Waals surface area contributed by atoms with Crippen LogP contribution >= 0.6 is 11.6 Å². The SMILES string of the molecule is Cc1c(C(=O)O)ccc2c1CC[C@@H]2NC(=O)c1cc(C(=O)NCc2ccc(F)c(F)c2)nc2c(C(=O)Nc3cccc(Cl)c3)cnn12. The van der Waals surface area contributed by atoms with Crippen LogP contribution < -0.4 is 16.0 Å². The molecule has 11 nitrogen and oxygen atoms in total. The third-order valence-electron chi connectivity index (χ3n) is 7.93. The molecule has 0 aliphatic heterocycles. The molecule has 0 spiro atoms. The number of hydrogen-bond acceptors (Lipinski definition) is 6. The van der Waals surface area contributed by atoms with Gasteiger partial charge in [0.15, 0.2) is 17.3 Å². The van der Waals surface area contributed by atoms with E-state index >= 15 is 0 Å². The Hall–Kier alpha value is -5.69. The number of hydrogen-bond donors (Lipinski definition) is 4. The molecule has 14 heteroatoms. The van der Waals surface area contributed by atoms with E-state index in [0.29, 0.717) is 29.1 Å². The van der Waals surface area contributed by atoms with E-state index in [2.05, 4.69) is 26.0 Å². The van der Waals surface area contributed by atoms with Gasteiger partial charge in [-0.3, -0.25) is 14.4 Å². The van der Waals surface area contributed by atoms with Crippen molar-refractivity contribution in [1.29, 1.82) is 0 Å². The van der Waals surface area contributed by atoms with Crippen LogP contribution in [0.25, 0.3) is 5.65 Å². The summed E-state index contributed by atoms with van der Waals surface area (Å²) in [5.41, 5.74) is 2.61. The van der Waals surface area contributed by atoms with E-state index in [-0.39, 0.29) is 40.3 Å². The number of rotatable bonds is 8. The summed E-state index contributed by atoms with van der Waals surface area (Å²) >= 11 is 6.05. The van der Waals surface area contributed by atoms with Crippen LogP contribution in [0.2, 0.25) is 5.02 Å². The Bertz CT molecular complexity index is 2120. The number of fused-ring (bicyclic) bond motifs is 2. The van der Waals surface area contributed by atoms with Crippen molar-refractivity contribution in [2.75, 3.05) is 5.32 Å². The Kier molecular flexibility index (Phi) is 8.39. The number of benzene rings is 3. The highest BCUT2D eigenvalue weighted by Crippen LogP contribution is 2.35. The lowest BCUT2D eigenvalue weighted by Crippen LogP contribution is -2.31. The molecule has 3 aromatic carbocycles. The number of nitrogens with one attached hydrogen (secondary N) is 3. The Morgan fingerprint density at radius 3 is 2.53 bits per heavy atom. The highest BCUT2D eigenvalue weighted by molar-refractivity contribution is 6.31. The van der Waals surface area contributed by atoms with Gasteiger partial charge >= 0.3 is 5.97 Å². The number of amides is 3. The average molecular weight is 659 g/mol. The maximum Gasteiger partial charge on any atom is 0.335 e. The zero-order valence-electron chi connectivity index (χ0n) is 24.6. The number of anilines is 1. The molecule has 1 aliphatic rings. The largest absolute Gasteiger partial charge is 0.478 e. The summed E-state index contributed by atoms with van der Waals surface area (Å²) in [5.74, 6) is -5.16. The third kappa shape index (κ3) is 6.25. The minimum absolute atomic E-state index is 0.0441. The Labute approximate surface area is 270 Å². The number of carbonyl (C=O) groups is 4. The summed E-state index contributed by atoms with van der Waals surface area (Å²) in [5, 5.41) is 22.3. The smallest absolute Gasteiger partial charge is 0.335 e. The Morgan fingerprint density at radius 2 is 1.79 bits per heavy atom. The summed E-state index contributed by atoms with van der Waals surface area (Å²) < 4.78 is 28.2. The molecule has 0 unspecified atom stereocenters. The first-order valence-corrected chi connectivity index (χ1v) is 14.7. The molecule has 0 saturated heterocycles. The van der Waals surface area contributed by atoms with Gasteiger partial charge in [0.1, 0.15) is 17.0 Å². The maximum atomic E-state index is 13.8. The molecule has 0 fully saturated rings. The molecule has 4 N–H and O–H groups in total. The Balaban J connectivity index is 1.34. The van der Waals surface area contributed by atoms with Gasteiger partial charge in [-0.2, -0.15) is 5.10 Å². The minimum Gasteiger partial charge on any atom is -0.478 e. The highest BCUT2D eigenvalue weighted by atomic mass is 35.5. The summed E-state index contributed by atoms with van der Waals surface area (Å²) in [4.78, 5) is 56.3. The zero-order valence-corrected chi connectivity index (χ0v) is 25.4. The monoisotopic (exact) mass is 658 g/mol. The summed E-state index contributed by atoms with van der Waals surface area (Å²) in [6, 6.07) is 13.6. The molecular weight excluding hydrogens is 634 g/mol. The van der Waals surface area contributed by atoms with Crippen LogP contribution in [-0.2, 0) is 13.0 Å². The van der Waals surface area contributed by atoms with Crippen LogP contribution in [0.5, 0.6) is 0 Å². The predicted octanol–water partition coefficient (Wildman–Crippen LogP) is 5.27. The number of aromatic nitrogens is 3. The van der Waals surface area contributed by atoms with Crippen molar-refractivity contribution in [1.82, 2.24) is 25.2 Å². The van der Waals surface area contributed by atoms with Gasteiger partial charge < -0.3 is 21.1 Å². The van der Waals surface area contributed by atoms with Gasteiger partial charge in [-0.05, 0) is 78.4 Å². The van der Waals surface area contributed by atoms with E-state index in [0.717, 1.165) is 27.8 Å². The van der Waals surface area contributed by atoms with Crippen molar-refractivity contribution in [3.63, 3.8) is 0 Å². The van der Waals surface area contributed by atoms with Crippen LogP contribution in [0.15, 0.2) is 66.9 Å². The molecule has 0 saturated carbocycles. The molecular formula is C33H25ClF2N6O5. The summed E-state index contributed by atoms with van der Waals surface area (Å²) in [6.45, 7) is 1.55. The van der Waals surface area contributed by atoms with E-state index in [1.54, 1.807) is 31.2 Å². The van der Waals surface area contributed by atoms with Crippen molar-refractivity contribution < 1.29 is 33.1 Å². The van der Waals surface area contributed by atoms with Crippen LogP contribution in [0, 0.1) is 18.6 Å². The van der Waals surface area contributed by atoms with Crippen LogP contribution in [0.3, 0.4) is 0 Å². The fourth-order valence-corrected chi connectivity index (χ4v) is 5.77. The van der Waals surface area contributed by atoms with Gasteiger partial charge in [0, 0.05) is 23.3 Å². The van der Waals surface area contributed by atoms with E-state index in [1.807, 2.05) is 0 Å². The van der Waals surface area contributed by atoms with Gasteiger partial charge in [0.25, 0.3) is 17.7 Å². The second-order valence-corrected chi connectivity index (χ2v) is 11.3. The van der Waals surface area contributed by atoms with Crippen LogP contribution in [0.4, 0.5) is 14.5 Å². The molecule has 1 aliphatic carbocycles. The van der Waals surface area contributed by atoms with Gasteiger partial charge in [-0.25, -0.2) is 23.1 Å². The predicted molar refractivity (Wildman–Crippen MR) is 167 cm³/mol. The van der Waals surface area contributed by atoms with Gasteiger partial charge in [-0.1, -0.05) is 29.8 Å². The standard InChI is InChI=1S/C33H25ClF2N6O5/c1-16-20-8-10-26(22(20)7-6-21(16)33(46)47)41-32(45)28-13-27(31(44)37-14-17-5-9-24(35)25(36)11-17)40-29-23(15-38-42(28)29)30(43)39-19-4-2-3-18(34)12-19/h2-7,9,11-13,15,26H,8,10,14H2,1H3,(H,37,44)(H,39,43)(H,41,45)(H,46,47)/t26-/m0/s1. The molecule has 2 aromatic heterocycles. The molecule has 238 valence electrons. The van der Waals surface area contributed by atoms with Crippen molar-refractivity contribution in [2.45, 2.75) is 32.4 Å². The summed E-state index contributed by atoms with van der Waals surface area (Å²) in [7, 11) is 0. The lowest BCUT2D eigenvalue weighted by Gasteiger charge is -2.16. The van der Waals surface area contributed by atoms with E-state index in [9.17, 15) is 33.1 Å². The van der Waals surface area contributed by atoms with E-state index in [1.165, 1.54) is 30.5 Å². The number of halogens is 3. The highest BCUT2D eigenvalue weighted by Gasteiger charge is 2.29. The molecule has 1 atom stereocenters. The first-order chi connectivity index (χ1) is 22.5.